The van der Waals surface area contributed by atoms with Crippen LogP contribution in [0.25, 0.3) is 0 Å². The van der Waals surface area contributed by atoms with Crippen LogP contribution in [0.3, 0.4) is 0 Å². The first-order valence-electron chi connectivity index (χ1n) is 7.60. The Bertz CT molecular complexity index is 211. The summed E-state index contributed by atoms with van der Waals surface area (Å²) in [6.07, 6.45) is 10.2. The van der Waals surface area contributed by atoms with Crippen LogP contribution in [0.15, 0.2) is 0 Å². The Kier molecular flexibility index (Phi) is 5.30. The largest absolute Gasteiger partial charge is 0.378 e. The van der Waals surface area contributed by atoms with Gasteiger partial charge in [-0.15, -0.1) is 0 Å². The van der Waals surface area contributed by atoms with Crippen LogP contribution in [0, 0.1) is 11.8 Å². The highest BCUT2D eigenvalue weighted by Crippen LogP contribution is 2.35. The minimum Gasteiger partial charge on any atom is -0.378 e. The molecule has 0 spiro atoms. The van der Waals surface area contributed by atoms with E-state index in [4.69, 9.17) is 4.74 Å². The average molecular weight is 239 g/mol. The van der Waals surface area contributed by atoms with Crippen molar-refractivity contribution in [2.45, 2.75) is 70.9 Å². The van der Waals surface area contributed by atoms with E-state index in [1.165, 1.54) is 51.5 Å². The van der Waals surface area contributed by atoms with Gasteiger partial charge in [0.2, 0.25) is 0 Å². The molecule has 0 aromatic carbocycles. The number of ether oxygens (including phenoxy) is 1. The number of rotatable bonds is 6. The molecule has 100 valence electrons. The molecule has 2 rings (SSSR count). The SMILES string of the molecule is CC(C)NCC1CCCC1CCC1CCCO1. The first-order valence-corrected chi connectivity index (χ1v) is 7.60. The van der Waals surface area contributed by atoms with Gasteiger partial charge < -0.3 is 10.1 Å². The zero-order valence-electron chi connectivity index (χ0n) is 11.6. The van der Waals surface area contributed by atoms with Crippen LogP contribution in [0.4, 0.5) is 0 Å². The van der Waals surface area contributed by atoms with Crippen LogP contribution in [0.1, 0.15) is 58.8 Å². The molecule has 17 heavy (non-hydrogen) atoms. The van der Waals surface area contributed by atoms with Crippen molar-refractivity contribution in [3.05, 3.63) is 0 Å². The van der Waals surface area contributed by atoms with Crippen LogP contribution >= 0.6 is 0 Å². The molecule has 2 aliphatic rings. The normalized spacial score (nSPS) is 33.7. The third-order valence-electron chi connectivity index (χ3n) is 4.49. The van der Waals surface area contributed by atoms with E-state index in [1.54, 1.807) is 0 Å². The van der Waals surface area contributed by atoms with E-state index < -0.39 is 0 Å². The second kappa shape index (κ2) is 6.75. The molecule has 2 heteroatoms. The van der Waals surface area contributed by atoms with Crippen molar-refractivity contribution in [2.75, 3.05) is 13.2 Å². The lowest BCUT2D eigenvalue weighted by molar-refractivity contribution is 0.0958. The van der Waals surface area contributed by atoms with Crippen molar-refractivity contribution >= 4 is 0 Å². The lowest BCUT2D eigenvalue weighted by Gasteiger charge is -2.22. The molecule has 1 N–H and O–H groups in total. The van der Waals surface area contributed by atoms with Gasteiger partial charge in [-0.25, -0.2) is 0 Å². The minimum absolute atomic E-state index is 0.592. The summed E-state index contributed by atoms with van der Waals surface area (Å²) in [6, 6.07) is 0.634. The number of nitrogens with one attached hydrogen (secondary N) is 1. The van der Waals surface area contributed by atoms with Crippen molar-refractivity contribution in [3.8, 4) is 0 Å². The third kappa shape index (κ3) is 4.26. The van der Waals surface area contributed by atoms with Crippen molar-refractivity contribution in [1.82, 2.24) is 5.32 Å². The maximum absolute atomic E-state index is 5.73. The summed E-state index contributed by atoms with van der Waals surface area (Å²) in [6.45, 7) is 6.73. The van der Waals surface area contributed by atoms with Gasteiger partial charge in [0.05, 0.1) is 6.10 Å². The Hall–Kier alpha value is -0.0800. The van der Waals surface area contributed by atoms with Crippen molar-refractivity contribution < 1.29 is 4.74 Å². The Labute approximate surface area is 107 Å². The monoisotopic (exact) mass is 239 g/mol. The molecule has 1 heterocycles. The van der Waals surface area contributed by atoms with Crippen LogP contribution < -0.4 is 5.32 Å². The van der Waals surface area contributed by atoms with E-state index in [-0.39, 0.29) is 0 Å². The van der Waals surface area contributed by atoms with Gasteiger partial charge in [-0.2, -0.15) is 0 Å². The third-order valence-corrected chi connectivity index (χ3v) is 4.49. The summed E-state index contributed by atoms with van der Waals surface area (Å²) in [4.78, 5) is 0. The lowest BCUT2D eigenvalue weighted by atomic mass is 9.90. The van der Waals surface area contributed by atoms with Crippen molar-refractivity contribution in [3.63, 3.8) is 0 Å². The molecule has 1 saturated carbocycles. The fourth-order valence-corrected chi connectivity index (χ4v) is 3.42. The van der Waals surface area contributed by atoms with Gasteiger partial charge in [0.25, 0.3) is 0 Å². The maximum Gasteiger partial charge on any atom is 0.0576 e. The number of hydrogen-bond donors (Lipinski definition) is 1. The van der Waals surface area contributed by atoms with Gasteiger partial charge in [0.15, 0.2) is 0 Å². The Balaban J connectivity index is 1.67. The summed E-state index contributed by atoms with van der Waals surface area (Å²) in [5.41, 5.74) is 0. The molecule has 3 unspecified atom stereocenters. The standard InChI is InChI=1S/C15H29NO/c1-12(2)16-11-14-6-3-5-13(14)8-9-15-7-4-10-17-15/h12-16H,3-11H2,1-2H3. The van der Waals surface area contributed by atoms with Gasteiger partial charge in [-0.1, -0.05) is 26.7 Å². The Morgan fingerprint density at radius 2 is 1.88 bits per heavy atom. The molecule has 2 fully saturated rings. The summed E-state index contributed by atoms with van der Waals surface area (Å²) < 4.78 is 5.73. The Morgan fingerprint density at radius 3 is 2.59 bits per heavy atom. The second-order valence-electron chi connectivity index (χ2n) is 6.23. The fourth-order valence-electron chi connectivity index (χ4n) is 3.42. The molecular formula is C15H29NO. The van der Waals surface area contributed by atoms with E-state index in [9.17, 15) is 0 Å². The molecule has 1 saturated heterocycles. The van der Waals surface area contributed by atoms with Crippen molar-refractivity contribution in [1.29, 1.82) is 0 Å². The number of hydrogen-bond acceptors (Lipinski definition) is 2. The summed E-state index contributed by atoms with van der Waals surface area (Å²) in [5, 5.41) is 3.61. The summed E-state index contributed by atoms with van der Waals surface area (Å²) in [7, 11) is 0. The highest BCUT2D eigenvalue weighted by atomic mass is 16.5. The predicted molar refractivity (Wildman–Crippen MR) is 72.2 cm³/mol. The molecule has 0 bridgehead atoms. The molecule has 3 atom stereocenters. The van der Waals surface area contributed by atoms with Gasteiger partial charge in [0.1, 0.15) is 0 Å². The van der Waals surface area contributed by atoms with Crippen LogP contribution in [0.2, 0.25) is 0 Å². The van der Waals surface area contributed by atoms with E-state index in [2.05, 4.69) is 19.2 Å². The average Bonchev–Trinajstić information content (AvgIpc) is 2.95. The summed E-state index contributed by atoms with van der Waals surface area (Å²) in [5.74, 6) is 1.89. The highest BCUT2D eigenvalue weighted by Gasteiger charge is 2.28. The molecule has 0 radical (unpaired) electrons. The maximum atomic E-state index is 5.73. The highest BCUT2D eigenvalue weighted by molar-refractivity contribution is 4.81. The van der Waals surface area contributed by atoms with E-state index in [0.29, 0.717) is 12.1 Å². The smallest absolute Gasteiger partial charge is 0.0576 e. The molecule has 1 aliphatic heterocycles. The van der Waals surface area contributed by atoms with Gasteiger partial charge >= 0.3 is 0 Å². The van der Waals surface area contributed by atoms with Crippen LogP contribution in [-0.4, -0.2) is 25.3 Å². The molecule has 2 nitrogen and oxygen atoms in total. The molecule has 0 aromatic rings. The van der Waals surface area contributed by atoms with Crippen molar-refractivity contribution in [2.24, 2.45) is 11.8 Å². The van der Waals surface area contributed by atoms with Crippen LogP contribution in [-0.2, 0) is 4.74 Å². The second-order valence-corrected chi connectivity index (χ2v) is 6.23. The van der Waals surface area contributed by atoms with Crippen LogP contribution in [0.5, 0.6) is 0 Å². The first-order chi connectivity index (χ1) is 8.25. The van der Waals surface area contributed by atoms with E-state index >= 15 is 0 Å². The zero-order chi connectivity index (χ0) is 12.1. The fraction of sp³-hybridized carbons (Fsp3) is 1.00. The van der Waals surface area contributed by atoms with Gasteiger partial charge in [0, 0.05) is 12.6 Å². The van der Waals surface area contributed by atoms with Gasteiger partial charge in [-0.3, -0.25) is 0 Å². The Morgan fingerprint density at radius 1 is 1.06 bits per heavy atom. The molecule has 0 aromatic heterocycles. The topological polar surface area (TPSA) is 21.3 Å². The van der Waals surface area contributed by atoms with E-state index in [1.807, 2.05) is 0 Å². The zero-order valence-corrected chi connectivity index (χ0v) is 11.6. The molecule has 1 aliphatic carbocycles. The van der Waals surface area contributed by atoms with E-state index in [0.717, 1.165) is 18.4 Å². The quantitative estimate of drug-likeness (QED) is 0.767. The first kappa shape index (κ1) is 13.4. The molecular weight excluding hydrogens is 210 g/mol. The molecule has 0 amide bonds. The summed E-state index contributed by atoms with van der Waals surface area (Å²) >= 11 is 0. The minimum atomic E-state index is 0.592. The lowest BCUT2D eigenvalue weighted by Crippen LogP contribution is -2.30. The van der Waals surface area contributed by atoms with Gasteiger partial charge in [-0.05, 0) is 50.5 Å². The predicted octanol–water partition coefficient (Wildman–Crippen LogP) is 3.36.